The lowest BCUT2D eigenvalue weighted by atomic mass is 9.77. The number of anilines is 2. The number of aliphatic hydroxyl groups is 1. The predicted octanol–water partition coefficient (Wildman–Crippen LogP) is 7.96. The van der Waals surface area contributed by atoms with Gasteiger partial charge in [0.25, 0.3) is 0 Å². The molecule has 2 heterocycles. The number of aliphatic hydroxyl groups excluding tert-OH is 1. The third-order valence-electron chi connectivity index (χ3n) is 8.70. The molecule has 0 saturated heterocycles. The first-order valence-corrected chi connectivity index (χ1v) is 14.7. The van der Waals surface area contributed by atoms with Crippen LogP contribution >= 0.6 is 0 Å². The Morgan fingerprint density at radius 1 is 0.927 bits per heavy atom. The quantitative estimate of drug-likeness (QED) is 0.266. The first-order valence-electron chi connectivity index (χ1n) is 14.7. The number of fused-ring (bicyclic) bond motifs is 4. The number of hydrogen-bond acceptors (Lipinski definition) is 5. The molecule has 1 unspecified atom stereocenters. The van der Waals surface area contributed by atoms with E-state index in [1.165, 1.54) is 11.3 Å². The molecule has 0 amide bonds. The zero-order valence-electron chi connectivity index (χ0n) is 25.1. The fraction of sp³-hybridized carbons (Fsp3) is 0.361. The topological polar surface area (TPSA) is 48.3 Å². The number of rotatable bonds is 6. The van der Waals surface area contributed by atoms with Crippen LogP contribution in [0.15, 0.2) is 83.9 Å². The minimum absolute atomic E-state index is 0.0562. The Hall–Kier alpha value is -3.83. The van der Waals surface area contributed by atoms with Crippen LogP contribution in [-0.2, 0) is 5.41 Å². The SMILES string of the molecule is CCN(CCO)c1ccc(-c2cc3c(c4ccccc24)OC2(C=N3)N(CC(C)(C)C)c3ccccc3C2(C)C)cc1. The summed E-state index contributed by atoms with van der Waals surface area (Å²) >= 11 is 0. The number of hydrogen-bond donors (Lipinski definition) is 1. The molecule has 0 saturated carbocycles. The Bertz CT molecular complexity index is 1620. The van der Waals surface area contributed by atoms with Crippen LogP contribution in [0.5, 0.6) is 5.75 Å². The second-order valence-corrected chi connectivity index (χ2v) is 13.0. The van der Waals surface area contributed by atoms with Crippen molar-refractivity contribution in [3.05, 3.63) is 84.4 Å². The second kappa shape index (κ2) is 9.92. The highest BCUT2D eigenvalue weighted by Gasteiger charge is 2.60. The summed E-state index contributed by atoms with van der Waals surface area (Å²) < 4.78 is 7.28. The van der Waals surface area contributed by atoms with Gasteiger partial charge in [-0.3, -0.25) is 4.99 Å². The Morgan fingerprint density at radius 3 is 2.29 bits per heavy atom. The third-order valence-corrected chi connectivity index (χ3v) is 8.70. The molecule has 2 aliphatic rings. The van der Waals surface area contributed by atoms with E-state index in [9.17, 15) is 5.11 Å². The van der Waals surface area contributed by atoms with Crippen molar-refractivity contribution in [3.63, 3.8) is 0 Å². The van der Waals surface area contributed by atoms with E-state index in [2.05, 4.69) is 136 Å². The van der Waals surface area contributed by atoms with Crippen LogP contribution < -0.4 is 14.5 Å². The molecule has 5 heteroatoms. The second-order valence-electron chi connectivity index (χ2n) is 13.0. The van der Waals surface area contributed by atoms with Gasteiger partial charge in [0, 0.05) is 36.4 Å². The fourth-order valence-corrected chi connectivity index (χ4v) is 6.59. The van der Waals surface area contributed by atoms with Crippen molar-refractivity contribution in [3.8, 4) is 16.9 Å². The van der Waals surface area contributed by atoms with Gasteiger partial charge < -0.3 is 19.6 Å². The molecular formula is C36H41N3O2. The Morgan fingerprint density at radius 2 is 1.61 bits per heavy atom. The molecule has 4 aromatic carbocycles. The minimum Gasteiger partial charge on any atom is -0.459 e. The minimum atomic E-state index is -0.751. The van der Waals surface area contributed by atoms with Gasteiger partial charge in [-0.1, -0.05) is 75.4 Å². The number of likely N-dealkylation sites (N-methyl/N-ethyl adjacent to an activating group) is 1. The summed E-state index contributed by atoms with van der Waals surface area (Å²) in [5.74, 6) is 0.836. The van der Waals surface area contributed by atoms with Crippen molar-refractivity contribution < 1.29 is 9.84 Å². The Kier molecular flexibility index (Phi) is 6.61. The van der Waals surface area contributed by atoms with Crippen molar-refractivity contribution in [2.75, 3.05) is 36.0 Å². The molecule has 6 rings (SSSR count). The van der Waals surface area contributed by atoms with Crippen LogP contribution in [0.25, 0.3) is 21.9 Å². The van der Waals surface area contributed by atoms with E-state index in [0.29, 0.717) is 6.54 Å². The number of ether oxygens (including phenoxy) is 1. The predicted molar refractivity (Wildman–Crippen MR) is 172 cm³/mol. The van der Waals surface area contributed by atoms with E-state index < -0.39 is 5.72 Å². The van der Waals surface area contributed by atoms with E-state index in [1.807, 2.05) is 0 Å². The Labute approximate surface area is 244 Å². The molecule has 0 aromatic heterocycles. The van der Waals surface area contributed by atoms with Gasteiger partial charge in [0.15, 0.2) is 5.75 Å². The van der Waals surface area contributed by atoms with Gasteiger partial charge in [-0.25, -0.2) is 0 Å². The smallest absolute Gasteiger partial charge is 0.228 e. The van der Waals surface area contributed by atoms with Crippen molar-refractivity contribution in [1.82, 2.24) is 0 Å². The lowest BCUT2D eigenvalue weighted by Crippen LogP contribution is -2.63. The van der Waals surface area contributed by atoms with Gasteiger partial charge in [0.05, 0.1) is 18.2 Å². The molecule has 1 N–H and O–H groups in total. The highest BCUT2D eigenvalue weighted by atomic mass is 16.5. The molecule has 41 heavy (non-hydrogen) atoms. The van der Waals surface area contributed by atoms with E-state index in [0.717, 1.165) is 52.1 Å². The summed E-state index contributed by atoms with van der Waals surface area (Å²) in [6.07, 6.45) is 2.05. The summed E-state index contributed by atoms with van der Waals surface area (Å²) in [5, 5.41) is 11.7. The van der Waals surface area contributed by atoms with E-state index in [4.69, 9.17) is 9.73 Å². The maximum absolute atomic E-state index is 9.45. The fourth-order valence-electron chi connectivity index (χ4n) is 6.59. The van der Waals surface area contributed by atoms with Crippen molar-refractivity contribution >= 4 is 34.0 Å². The zero-order chi connectivity index (χ0) is 29.0. The number of para-hydroxylation sites is 1. The third kappa shape index (κ3) is 4.38. The van der Waals surface area contributed by atoms with Gasteiger partial charge >= 0.3 is 0 Å². The van der Waals surface area contributed by atoms with Crippen molar-refractivity contribution in [1.29, 1.82) is 0 Å². The molecule has 212 valence electrons. The standard InChI is InChI=1S/C36H41N3O2/c1-7-38(20-21-40)26-18-16-25(17-19-26)29-22-31-33(28-13-9-8-12-27(28)29)41-36(23-37-31)35(5,6)30-14-10-11-15-32(30)39(36)24-34(2,3)4/h8-19,22-23,40H,7,20-21,24H2,1-6H3. The van der Waals surface area contributed by atoms with Crippen molar-refractivity contribution in [2.45, 2.75) is 52.7 Å². The molecule has 0 bridgehead atoms. The summed E-state index contributed by atoms with van der Waals surface area (Å²) in [5.41, 5.74) is 5.70. The van der Waals surface area contributed by atoms with Gasteiger partial charge in [0.1, 0.15) is 5.69 Å². The maximum Gasteiger partial charge on any atom is 0.228 e. The van der Waals surface area contributed by atoms with Crippen LogP contribution in [0.1, 0.15) is 47.1 Å². The van der Waals surface area contributed by atoms with Crippen LogP contribution in [-0.4, -0.2) is 43.3 Å². The van der Waals surface area contributed by atoms with Crippen molar-refractivity contribution in [2.24, 2.45) is 10.4 Å². The summed E-state index contributed by atoms with van der Waals surface area (Å²) in [7, 11) is 0. The molecule has 0 fully saturated rings. The highest BCUT2D eigenvalue weighted by Crippen LogP contribution is 2.56. The largest absolute Gasteiger partial charge is 0.459 e. The van der Waals surface area contributed by atoms with E-state index in [-0.39, 0.29) is 17.4 Å². The summed E-state index contributed by atoms with van der Waals surface area (Å²) in [6, 6.07) is 28.0. The molecule has 4 aromatic rings. The molecule has 2 aliphatic heterocycles. The van der Waals surface area contributed by atoms with Crippen LogP contribution in [0.2, 0.25) is 0 Å². The van der Waals surface area contributed by atoms with E-state index >= 15 is 0 Å². The van der Waals surface area contributed by atoms with Crippen LogP contribution in [0.3, 0.4) is 0 Å². The molecule has 0 radical (unpaired) electrons. The average Bonchev–Trinajstić information content (AvgIpc) is 3.13. The van der Waals surface area contributed by atoms with Crippen LogP contribution in [0.4, 0.5) is 17.1 Å². The van der Waals surface area contributed by atoms with Gasteiger partial charge in [-0.05, 0) is 72.5 Å². The molecule has 1 atom stereocenters. The lowest BCUT2D eigenvalue weighted by Gasteiger charge is -2.48. The molecule has 5 nitrogen and oxygen atoms in total. The van der Waals surface area contributed by atoms with Gasteiger partial charge in [-0.15, -0.1) is 0 Å². The maximum atomic E-state index is 9.45. The lowest BCUT2D eigenvalue weighted by molar-refractivity contribution is 0.0731. The highest BCUT2D eigenvalue weighted by molar-refractivity contribution is 6.05. The molecular weight excluding hydrogens is 506 g/mol. The first-order chi connectivity index (χ1) is 19.6. The Balaban J connectivity index is 1.48. The number of benzene rings is 4. The zero-order valence-corrected chi connectivity index (χ0v) is 25.1. The first kappa shape index (κ1) is 27.3. The number of aliphatic imine (C=N–C) groups is 1. The van der Waals surface area contributed by atoms with Gasteiger partial charge in [-0.2, -0.15) is 0 Å². The monoisotopic (exact) mass is 547 g/mol. The molecule has 0 aliphatic carbocycles. The summed E-state index contributed by atoms with van der Waals surface area (Å²) in [6.45, 7) is 15.9. The number of nitrogens with zero attached hydrogens (tertiary/aromatic N) is 3. The average molecular weight is 548 g/mol. The van der Waals surface area contributed by atoms with Crippen LogP contribution in [0, 0.1) is 5.41 Å². The normalized spacial score (nSPS) is 18.9. The van der Waals surface area contributed by atoms with Gasteiger partial charge in [0.2, 0.25) is 5.72 Å². The molecule has 1 spiro atoms. The van der Waals surface area contributed by atoms with E-state index in [1.54, 1.807) is 0 Å². The summed E-state index contributed by atoms with van der Waals surface area (Å²) in [4.78, 5) is 9.79.